The Bertz CT molecular complexity index is 1210. The molecule has 0 atom stereocenters. The lowest BCUT2D eigenvalue weighted by molar-refractivity contribution is 0.104. The first kappa shape index (κ1) is 35.0. The number of aryl methyl sites for hydroxylation is 1. The predicted molar refractivity (Wildman–Crippen MR) is 186 cm³/mol. The molecule has 0 saturated carbocycles. The Balaban J connectivity index is 1.05. The first-order chi connectivity index (χ1) is 21.6. The van der Waals surface area contributed by atoms with Crippen LogP contribution in [0.4, 0.5) is 4.39 Å². The second-order valence-electron chi connectivity index (χ2n) is 12.0. The van der Waals surface area contributed by atoms with Crippen LogP contribution in [0.3, 0.4) is 0 Å². The van der Waals surface area contributed by atoms with Gasteiger partial charge in [0.05, 0.1) is 6.61 Å². The first-order valence-electron chi connectivity index (χ1n) is 17.1. The number of carbonyl (C=O) groups excluding carboxylic acids is 1. The molecule has 0 saturated heterocycles. The summed E-state index contributed by atoms with van der Waals surface area (Å²) in [6, 6.07) is 22.2. The van der Waals surface area contributed by atoms with E-state index in [4.69, 9.17) is 4.74 Å². The number of ketones is 1. The maximum absolute atomic E-state index is 13.0. The van der Waals surface area contributed by atoms with E-state index in [1.54, 1.807) is 6.08 Å². The van der Waals surface area contributed by atoms with Gasteiger partial charge in [0.25, 0.3) is 0 Å². The molecule has 3 aromatic carbocycles. The minimum atomic E-state index is -0.332. The monoisotopic (exact) mass is 596 g/mol. The van der Waals surface area contributed by atoms with Gasteiger partial charge in [-0.2, -0.15) is 0 Å². The molecular formula is C41H53FO2. The Labute approximate surface area is 266 Å². The predicted octanol–water partition coefficient (Wildman–Crippen LogP) is 12.2. The number of ether oxygens (including phenoxy) is 1. The average molecular weight is 597 g/mol. The highest BCUT2D eigenvalue weighted by molar-refractivity contribution is 6.06. The number of rotatable bonds is 24. The van der Waals surface area contributed by atoms with Crippen LogP contribution >= 0.6 is 0 Å². The molecule has 0 bridgehead atoms. The lowest BCUT2D eigenvalue weighted by atomic mass is 10.0. The van der Waals surface area contributed by atoms with Gasteiger partial charge in [0.2, 0.25) is 0 Å². The van der Waals surface area contributed by atoms with Crippen molar-refractivity contribution in [2.45, 2.75) is 109 Å². The van der Waals surface area contributed by atoms with Crippen molar-refractivity contribution < 1.29 is 13.9 Å². The van der Waals surface area contributed by atoms with E-state index < -0.39 is 0 Å². The first-order valence-corrected chi connectivity index (χ1v) is 17.1. The normalized spacial score (nSPS) is 11.2. The molecule has 3 rings (SSSR count). The summed E-state index contributed by atoms with van der Waals surface area (Å²) in [7, 11) is 0. The molecule has 0 fully saturated rings. The zero-order valence-corrected chi connectivity index (χ0v) is 26.8. The summed E-state index contributed by atoms with van der Waals surface area (Å²) in [6.45, 7) is 4.60. The highest BCUT2D eigenvalue weighted by Gasteiger charge is 2.02. The van der Waals surface area contributed by atoms with Crippen molar-refractivity contribution in [1.82, 2.24) is 0 Å². The summed E-state index contributed by atoms with van der Waals surface area (Å²) in [6.07, 6.45) is 27.8. The Morgan fingerprint density at radius 1 is 0.591 bits per heavy atom. The van der Waals surface area contributed by atoms with Crippen molar-refractivity contribution in [3.05, 3.63) is 114 Å². The van der Waals surface area contributed by atoms with Crippen molar-refractivity contribution in [1.29, 1.82) is 0 Å². The van der Waals surface area contributed by atoms with E-state index in [0.717, 1.165) is 36.3 Å². The van der Waals surface area contributed by atoms with E-state index in [1.807, 2.05) is 36.4 Å². The molecule has 0 N–H and O–H groups in total. The summed E-state index contributed by atoms with van der Waals surface area (Å²) >= 11 is 0. The molecule has 2 nitrogen and oxygen atoms in total. The Hall–Kier alpha value is -3.46. The molecule has 3 aromatic rings. The summed E-state index contributed by atoms with van der Waals surface area (Å²) in [5.74, 6) is 0.510. The fourth-order valence-electron chi connectivity index (χ4n) is 5.47. The molecule has 44 heavy (non-hydrogen) atoms. The van der Waals surface area contributed by atoms with E-state index in [9.17, 15) is 9.18 Å². The Morgan fingerprint density at radius 2 is 1.07 bits per heavy atom. The van der Waals surface area contributed by atoms with Gasteiger partial charge in [0.1, 0.15) is 11.6 Å². The van der Waals surface area contributed by atoms with Gasteiger partial charge in [-0.3, -0.25) is 4.79 Å². The van der Waals surface area contributed by atoms with Crippen LogP contribution in [0, 0.1) is 5.82 Å². The molecule has 0 radical (unpaired) electrons. The summed E-state index contributed by atoms with van der Waals surface area (Å²) in [4.78, 5) is 12.2. The average Bonchev–Trinajstić information content (AvgIpc) is 3.05. The van der Waals surface area contributed by atoms with Crippen molar-refractivity contribution in [2.24, 2.45) is 0 Å². The number of benzene rings is 3. The van der Waals surface area contributed by atoms with Gasteiger partial charge in [0, 0.05) is 5.56 Å². The number of unbranched alkanes of at least 4 members (excludes halogenated alkanes) is 15. The Morgan fingerprint density at radius 3 is 1.59 bits per heavy atom. The van der Waals surface area contributed by atoms with Gasteiger partial charge < -0.3 is 4.74 Å². The molecule has 0 unspecified atom stereocenters. The van der Waals surface area contributed by atoms with Crippen LogP contribution < -0.4 is 4.74 Å². The molecule has 0 aliphatic carbocycles. The standard InChI is InChI=1S/C41H53FO2/c1-2-35-24-31-40(32-25-35)44-34-18-16-14-12-10-8-6-4-3-5-7-9-11-13-15-17-19-36-20-22-37(23-21-36)26-33-41(43)38-27-29-39(42)30-28-38/h2,20-33H,1,3-19,34H2/b33-26+. The van der Waals surface area contributed by atoms with Gasteiger partial charge in [-0.15, -0.1) is 0 Å². The fraction of sp³-hybridized carbons (Fsp3) is 0.439. The highest BCUT2D eigenvalue weighted by Crippen LogP contribution is 2.17. The quantitative estimate of drug-likeness (QED) is 0.0584. The van der Waals surface area contributed by atoms with Crippen LogP contribution in [0.15, 0.2) is 85.5 Å². The number of allylic oxidation sites excluding steroid dienone is 1. The van der Waals surface area contributed by atoms with Crippen molar-refractivity contribution in [2.75, 3.05) is 6.61 Å². The lowest BCUT2D eigenvalue weighted by Crippen LogP contribution is -1.97. The smallest absolute Gasteiger partial charge is 0.185 e. The molecule has 0 amide bonds. The topological polar surface area (TPSA) is 26.3 Å². The Kier molecular flexibility index (Phi) is 17.6. The van der Waals surface area contributed by atoms with Gasteiger partial charge in [-0.25, -0.2) is 4.39 Å². The number of carbonyl (C=O) groups is 1. The fourth-order valence-corrected chi connectivity index (χ4v) is 5.47. The van der Waals surface area contributed by atoms with Crippen LogP contribution in [0.1, 0.15) is 130 Å². The summed E-state index contributed by atoms with van der Waals surface area (Å²) in [5, 5.41) is 0. The third-order valence-corrected chi connectivity index (χ3v) is 8.28. The van der Waals surface area contributed by atoms with E-state index in [2.05, 4.69) is 30.8 Å². The van der Waals surface area contributed by atoms with Crippen LogP contribution in [0.2, 0.25) is 0 Å². The molecule has 0 spiro atoms. The van der Waals surface area contributed by atoms with Gasteiger partial charge in [-0.1, -0.05) is 145 Å². The highest BCUT2D eigenvalue weighted by atomic mass is 19.1. The zero-order valence-electron chi connectivity index (χ0n) is 26.8. The third-order valence-electron chi connectivity index (χ3n) is 8.28. The number of halogens is 1. The van der Waals surface area contributed by atoms with Gasteiger partial charge >= 0.3 is 0 Å². The molecular weight excluding hydrogens is 543 g/mol. The minimum Gasteiger partial charge on any atom is -0.494 e. The second kappa shape index (κ2) is 22.1. The molecule has 0 aliphatic heterocycles. The molecule has 0 aromatic heterocycles. The maximum Gasteiger partial charge on any atom is 0.185 e. The van der Waals surface area contributed by atoms with Crippen LogP contribution in [0.25, 0.3) is 12.2 Å². The summed E-state index contributed by atoms with van der Waals surface area (Å²) < 4.78 is 18.8. The third kappa shape index (κ3) is 15.3. The molecule has 0 aliphatic rings. The lowest BCUT2D eigenvalue weighted by Gasteiger charge is -2.06. The largest absolute Gasteiger partial charge is 0.494 e. The number of hydrogen-bond donors (Lipinski definition) is 0. The van der Waals surface area contributed by atoms with Gasteiger partial charge in [-0.05, 0) is 78.4 Å². The number of hydrogen-bond acceptors (Lipinski definition) is 2. The maximum atomic E-state index is 13.0. The van der Waals surface area contributed by atoms with Gasteiger partial charge in [0.15, 0.2) is 5.78 Å². The molecule has 236 valence electrons. The van der Waals surface area contributed by atoms with E-state index in [0.29, 0.717) is 5.56 Å². The van der Waals surface area contributed by atoms with E-state index in [1.165, 1.54) is 126 Å². The van der Waals surface area contributed by atoms with Crippen molar-refractivity contribution in [3.8, 4) is 5.75 Å². The summed E-state index contributed by atoms with van der Waals surface area (Å²) in [5.41, 5.74) is 3.98. The second-order valence-corrected chi connectivity index (χ2v) is 12.0. The zero-order chi connectivity index (χ0) is 31.1. The minimum absolute atomic E-state index is 0.114. The van der Waals surface area contributed by atoms with Crippen molar-refractivity contribution >= 4 is 17.9 Å². The van der Waals surface area contributed by atoms with E-state index in [-0.39, 0.29) is 11.6 Å². The van der Waals surface area contributed by atoms with Crippen molar-refractivity contribution in [3.63, 3.8) is 0 Å². The van der Waals surface area contributed by atoms with Crippen LogP contribution in [0.5, 0.6) is 5.75 Å². The van der Waals surface area contributed by atoms with E-state index >= 15 is 0 Å². The van der Waals surface area contributed by atoms with Crippen LogP contribution in [-0.4, -0.2) is 12.4 Å². The molecule has 0 heterocycles. The van der Waals surface area contributed by atoms with Crippen LogP contribution in [-0.2, 0) is 6.42 Å². The molecule has 3 heteroatoms. The SMILES string of the molecule is C=Cc1ccc(OCCCCCCCCCCCCCCCCCCc2ccc(/C=C/C(=O)c3ccc(F)cc3)cc2)cc1.